The Labute approximate surface area is 130 Å². The van der Waals surface area contributed by atoms with E-state index < -0.39 is 0 Å². The van der Waals surface area contributed by atoms with Crippen LogP contribution in [0, 0.1) is 0 Å². The van der Waals surface area contributed by atoms with Crippen molar-refractivity contribution in [2.45, 2.75) is 52.4 Å². The Bertz CT molecular complexity index is 355. The molecule has 1 aromatic rings. The molecule has 1 rings (SSSR count). The molecule has 0 aliphatic rings. The number of para-hydroxylation sites is 2. The fourth-order valence-electron chi connectivity index (χ4n) is 2.22. The minimum absolute atomic E-state index is 0.601. The number of anilines is 1. The van der Waals surface area contributed by atoms with E-state index in [1.54, 1.807) is 0 Å². The van der Waals surface area contributed by atoms with Gasteiger partial charge in [0.05, 0.1) is 12.3 Å². The van der Waals surface area contributed by atoms with Gasteiger partial charge in [0.1, 0.15) is 12.4 Å². The van der Waals surface area contributed by atoms with Crippen molar-refractivity contribution in [3.05, 3.63) is 24.3 Å². The first-order valence-electron chi connectivity index (χ1n) is 8.42. The molecule has 1 N–H and O–H groups in total. The second-order valence-corrected chi connectivity index (χ2v) is 5.24. The van der Waals surface area contributed by atoms with Crippen molar-refractivity contribution in [3.8, 4) is 5.75 Å². The van der Waals surface area contributed by atoms with Crippen LogP contribution in [-0.4, -0.2) is 26.4 Å². The number of ether oxygens (including phenoxy) is 2. The van der Waals surface area contributed by atoms with Crippen LogP contribution in [-0.2, 0) is 4.74 Å². The summed E-state index contributed by atoms with van der Waals surface area (Å²) in [5, 5.41) is 3.48. The van der Waals surface area contributed by atoms with Gasteiger partial charge in [-0.15, -0.1) is 0 Å². The molecule has 120 valence electrons. The molecule has 3 heteroatoms. The highest BCUT2D eigenvalue weighted by Crippen LogP contribution is 2.23. The molecule has 0 unspecified atom stereocenters. The Hall–Kier alpha value is -1.22. The Morgan fingerprint density at radius 1 is 0.905 bits per heavy atom. The number of nitrogens with one attached hydrogen (secondary N) is 1. The first-order chi connectivity index (χ1) is 10.4. The van der Waals surface area contributed by atoms with Gasteiger partial charge in [0.15, 0.2) is 0 Å². The normalized spacial score (nSPS) is 10.6. The van der Waals surface area contributed by atoms with Crippen molar-refractivity contribution in [3.63, 3.8) is 0 Å². The van der Waals surface area contributed by atoms with Gasteiger partial charge in [-0.25, -0.2) is 0 Å². The predicted octanol–water partition coefficient (Wildman–Crippen LogP) is 4.87. The van der Waals surface area contributed by atoms with Gasteiger partial charge in [-0.2, -0.15) is 0 Å². The monoisotopic (exact) mass is 293 g/mol. The zero-order valence-corrected chi connectivity index (χ0v) is 13.7. The minimum atomic E-state index is 0.601. The van der Waals surface area contributed by atoms with E-state index in [1.807, 2.05) is 25.1 Å². The molecule has 0 aliphatic heterocycles. The molecule has 3 nitrogen and oxygen atoms in total. The molecule has 0 atom stereocenters. The van der Waals surface area contributed by atoms with Crippen LogP contribution >= 0.6 is 0 Å². The van der Waals surface area contributed by atoms with Crippen LogP contribution < -0.4 is 10.1 Å². The summed E-state index contributed by atoms with van der Waals surface area (Å²) < 4.78 is 11.1. The lowest BCUT2D eigenvalue weighted by Crippen LogP contribution is -2.09. The topological polar surface area (TPSA) is 30.5 Å². The van der Waals surface area contributed by atoms with Gasteiger partial charge in [-0.05, 0) is 25.5 Å². The smallest absolute Gasteiger partial charge is 0.142 e. The highest BCUT2D eigenvalue weighted by molar-refractivity contribution is 5.56. The summed E-state index contributed by atoms with van der Waals surface area (Å²) in [6.45, 7) is 7.24. The van der Waals surface area contributed by atoms with Crippen LogP contribution in [0.1, 0.15) is 52.4 Å². The fourth-order valence-corrected chi connectivity index (χ4v) is 2.22. The second-order valence-electron chi connectivity index (χ2n) is 5.24. The maximum absolute atomic E-state index is 5.76. The lowest BCUT2D eigenvalue weighted by atomic mass is 10.1. The standard InChI is InChI=1S/C18H31NO2/c1-3-5-6-7-8-11-14-19-17-12-9-10-13-18(17)21-16-15-20-4-2/h9-10,12-13,19H,3-8,11,14-16H2,1-2H3. The van der Waals surface area contributed by atoms with Crippen molar-refractivity contribution in [2.24, 2.45) is 0 Å². The zero-order chi connectivity index (χ0) is 15.2. The van der Waals surface area contributed by atoms with Gasteiger partial charge < -0.3 is 14.8 Å². The number of unbranched alkanes of at least 4 members (excludes halogenated alkanes) is 5. The summed E-state index contributed by atoms with van der Waals surface area (Å²) in [5.41, 5.74) is 1.09. The highest BCUT2D eigenvalue weighted by Gasteiger charge is 2.02. The third-order valence-corrected chi connectivity index (χ3v) is 3.42. The van der Waals surface area contributed by atoms with Gasteiger partial charge in [0, 0.05) is 13.2 Å². The molecule has 0 amide bonds. The van der Waals surface area contributed by atoms with Crippen LogP contribution in [0.15, 0.2) is 24.3 Å². The maximum Gasteiger partial charge on any atom is 0.142 e. The number of benzene rings is 1. The highest BCUT2D eigenvalue weighted by atomic mass is 16.5. The van der Waals surface area contributed by atoms with E-state index in [0.29, 0.717) is 13.2 Å². The van der Waals surface area contributed by atoms with Crippen LogP contribution in [0.3, 0.4) is 0 Å². The molecule has 21 heavy (non-hydrogen) atoms. The van der Waals surface area contributed by atoms with Gasteiger partial charge in [0.2, 0.25) is 0 Å². The van der Waals surface area contributed by atoms with Gasteiger partial charge in [-0.1, -0.05) is 51.2 Å². The summed E-state index contributed by atoms with van der Waals surface area (Å²) in [4.78, 5) is 0. The van der Waals surface area contributed by atoms with Crippen molar-refractivity contribution in [1.82, 2.24) is 0 Å². The van der Waals surface area contributed by atoms with E-state index in [1.165, 1.54) is 38.5 Å². The number of hydrogen-bond donors (Lipinski definition) is 1. The van der Waals surface area contributed by atoms with Crippen LogP contribution in [0.25, 0.3) is 0 Å². The van der Waals surface area contributed by atoms with E-state index in [0.717, 1.165) is 24.6 Å². The Balaban J connectivity index is 2.21. The summed E-state index contributed by atoms with van der Waals surface area (Å²) in [7, 11) is 0. The Morgan fingerprint density at radius 2 is 1.67 bits per heavy atom. The van der Waals surface area contributed by atoms with E-state index >= 15 is 0 Å². The second kappa shape index (κ2) is 12.5. The average molecular weight is 293 g/mol. The molecule has 0 aliphatic carbocycles. The van der Waals surface area contributed by atoms with Crippen molar-refractivity contribution < 1.29 is 9.47 Å². The van der Waals surface area contributed by atoms with Crippen molar-refractivity contribution in [2.75, 3.05) is 31.7 Å². The first kappa shape index (κ1) is 17.8. The molecule has 1 aromatic carbocycles. The molecule has 0 radical (unpaired) electrons. The Kier molecular flexibility index (Phi) is 10.6. The van der Waals surface area contributed by atoms with E-state index in [4.69, 9.17) is 9.47 Å². The van der Waals surface area contributed by atoms with Gasteiger partial charge >= 0.3 is 0 Å². The molecule has 0 saturated carbocycles. The van der Waals surface area contributed by atoms with Gasteiger partial charge in [0.25, 0.3) is 0 Å². The molecule has 0 heterocycles. The molecule has 0 aromatic heterocycles. The van der Waals surface area contributed by atoms with Crippen LogP contribution in [0.2, 0.25) is 0 Å². The number of rotatable bonds is 13. The fraction of sp³-hybridized carbons (Fsp3) is 0.667. The summed E-state index contributed by atoms with van der Waals surface area (Å²) in [5.74, 6) is 0.920. The first-order valence-corrected chi connectivity index (χ1v) is 8.42. The van der Waals surface area contributed by atoms with E-state index in [-0.39, 0.29) is 0 Å². The predicted molar refractivity (Wildman–Crippen MR) is 90.3 cm³/mol. The van der Waals surface area contributed by atoms with E-state index in [9.17, 15) is 0 Å². The van der Waals surface area contributed by atoms with Crippen molar-refractivity contribution in [1.29, 1.82) is 0 Å². The molecule has 0 fully saturated rings. The van der Waals surface area contributed by atoms with Crippen LogP contribution in [0.4, 0.5) is 5.69 Å². The lowest BCUT2D eigenvalue weighted by Gasteiger charge is -2.13. The minimum Gasteiger partial charge on any atom is -0.489 e. The largest absolute Gasteiger partial charge is 0.489 e. The third kappa shape index (κ3) is 8.61. The van der Waals surface area contributed by atoms with Crippen LogP contribution in [0.5, 0.6) is 5.75 Å². The van der Waals surface area contributed by atoms with E-state index in [2.05, 4.69) is 18.3 Å². The van der Waals surface area contributed by atoms with Gasteiger partial charge in [-0.3, -0.25) is 0 Å². The van der Waals surface area contributed by atoms with Crippen molar-refractivity contribution >= 4 is 5.69 Å². The maximum atomic E-state index is 5.76. The average Bonchev–Trinajstić information content (AvgIpc) is 2.52. The summed E-state index contributed by atoms with van der Waals surface area (Å²) in [6.07, 6.45) is 7.92. The molecular weight excluding hydrogens is 262 g/mol. The molecular formula is C18H31NO2. The quantitative estimate of drug-likeness (QED) is 0.526. The zero-order valence-electron chi connectivity index (χ0n) is 13.7. The molecule has 0 saturated heterocycles. The summed E-state index contributed by atoms with van der Waals surface area (Å²) >= 11 is 0. The molecule has 0 spiro atoms. The number of hydrogen-bond acceptors (Lipinski definition) is 3. The lowest BCUT2D eigenvalue weighted by molar-refractivity contribution is 0.110. The third-order valence-electron chi connectivity index (χ3n) is 3.42. The Morgan fingerprint density at radius 3 is 2.48 bits per heavy atom. The SMILES string of the molecule is CCCCCCCCNc1ccccc1OCCOCC. The summed E-state index contributed by atoms with van der Waals surface area (Å²) in [6, 6.07) is 8.13. The molecule has 0 bridgehead atoms.